The molecule has 2 aromatic carbocycles. The van der Waals surface area contributed by atoms with Gasteiger partial charge in [-0.25, -0.2) is 0 Å². The molecular formula is C22H21N5S. The lowest BCUT2D eigenvalue weighted by Gasteiger charge is -2.07. The van der Waals surface area contributed by atoms with Gasteiger partial charge in [0, 0.05) is 41.5 Å². The minimum absolute atomic E-state index is 0.693. The number of para-hydroxylation sites is 1. The van der Waals surface area contributed by atoms with E-state index in [0.717, 1.165) is 35.2 Å². The fourth-order valence-corrected chi connectivity index (χ4v) is 4.47. The van der Waals surface area contributed by atoms with Gasteiger partial charge in [0.2, 0.25) is 0 Å². The molecule has 4 rings (SSSR count). The monoisotopic (exact) mass is 387 g/mol. The van der Waals surface area contributed by atoms with Crippen LogP contribution >= 0.6 is 11.8 Å². The van der Waals surface area contributed by atoms with Crippen molar-refractivity contribution < 1.29 is 0 Å². The number of nitriles is 1. The molecular weight excluding hydrogens is 366 g/mol. The molecule has 0 atom stereocenters. The molecule has 6 heteroatoms. The number of aromatic nitrogens is 4. The molecule has 0 aliphatic rings. The third kappa shape index (κ3) is 3.19. The molecule has 0 bridgehead atoms. The maximum absolute atomic E-state index is 9.30. The predicted octanol–water partition coefficient (Wildman–Crippen LogP) is 5.10. The third-order valence-corrected chi connectivity index (χ3v) is 5.91. The van der Waals surface area contributed by atoms with Crippen LogP contribution in [0.3, 0.4) is 0 Å². The van der Waals surface area contributed by atoms with Crippen LogP contribution in [0.15, 0.2) is 59.9 Å². The van der Waals surface area contributed by atoms with E-state index in [0.29, 0.717) is 11.3 Å². The summed E-state index contributed by atoms with van der Waals surface area (Å²) in [7, 11) is 0. The Morgan fingerprint density at radius 1 is 1.00 bits per heavy atom. The molecule has 0 radical (unpaired) electrons. The van der Waals surface area contributed by atoms with Crippen LogP contribution in [-0.2, 0) is 18.8 Å². The fourth-order valence-electron chi connectivity index (χ4n) is 3.46. The van der Waals surface area contributed by atoms with Gasteiger partial charge in [0.05, 0.1) is 11.6 Å². The number of fused-ring (bicyclic) bond motifs is 1. The van der Waals surface area contributed by atoms with E-state index in [1.807, 2.05) is 24.3 Å². The first-order valence-corrected chi connectivity index (χ1v) is 10.4. The molecule has 0 amide bonds. The van der Waals surface area contributed by atoms with Crippen molar-refractivity contribution in [3.63, 3.8) is 0 Å². The van der Waals surface area contributed by atoms with Crippen LogP contribution in [-0.4, -0.2) is 19.3 Å². The Labute approximate surface area is 168 Å². The first kappa shape index (κ1) is 18.3. The summed E-state index contributed by atoms with van der Waals surface area (Å²) in [6.07, 6.45) is 2.17. The number of rotatable bonds is 6. The van der Waals surface area contributed by atoms with Crippen LogP contribution in [0.2, 0.25) is 0 Å². The highest BCUT2D eigenvalue weighted by Crippen LogP contribution is 2.32. The lowest BCUT2D eigenvalue weighted by molar-refractivity contribution is 0.687. The molecule has 5 nitrogen and oxygen atoms in total. The van der Waals surface area contributed by atoms with Crippen LogP contribution in [0.4, 0.5) is 0 Å². The summed E-state index contributed by atoms with van der Waals surface area (Å²) in [5.41, 5.74) is 4.05. The number of nitrogens with zero attached hydrogens (tertiary/aromatic N) is 5. The van der Waals surface area contributed by atoms with Crippen molar-refractivity contribution in [1.29, 1.82) is 5.26 Å². The standard InChI is InChI=1S/C22H21N5S/c1-3-26-14-19(18-11-7-8-12-20(18)26)21-24-25-22(27(21)4-2)28-15-17-10-6-5-9-16(17)13-23/h5-12,14H,3-4,15H2,1-2H3. The largest absolute Gasteiger partial charge is 0.347 e. The zero-order valence-corrected chi connectivity index (χ0v) is 16.8. The molecule has 0 N–H and O–H groups in total. The van der Waals surface area contributed by atoms with Gasteiger partial charge in [0.25, 0.3) is 0 Å². The van der Waals surface area contributed by atoms with Gasteiger partial charge in [-0.3, -0.25) is 0 Å². The number of hydrogen-bond donors (Lipinski definition) is 0. The summed E-state index contributed by atoms with van der Waals surface area (Å²) in [6.45, 7) is 5.96. The highest BCUT2D eigenvalue weighted by Gasteiger charge is 2.18. The average Bonchev–Trinajstić information content (AvgIpc) is 3.32. The summed E-state index contributed by atoms with van der Waals surface area (Å²) in [4.78, 5) is 0. The third-order valence-electron chi connectivity index (χ3n) is 4.90. The lowest BCUT2D eigenvalue weighted by atomic mass is 10.1. The van der Waals surface area contributed by atoms with E-state index in [-0.39, 0.29) is 0 Å². The molecule has 0 unspecified atom stereocenters. The first-order valence-electron chi connectivity index (χ1n) is 9.39. The Balaban J connectivity index is 1.70. The topological polar surface area (TPSA) is 59.4 Å². The zero-order valence-electron chi connectivity index (χ0n) is 16.0. The normalized spacial score (nSPS) is 11.0. The van der Waals surface area contributed by atoms with Crippen molar-refractivity contribution in [2.24, 2.45) is 0 Å². The molecule has 0 aliphatic heterocycles. The number of benzene rings is 2. The molecule has 28 heavy (non-hydrogen) atoms. The summed E-state index contributed by atoms with van der Waals surface area (Å²) in [5, 5.41) is 20.4. The fraction of sp³-hybridized carbons (Fsp3) is 0.227. The summed E-state index contributed by atoms with van der Waals surface area (Å²) in [6, 6.07) is 18.4. The number of thioether (sulfide) groups is 1. The van der Waals surface area contributed by atoms with Crippen LogP contribution in [0.5, 0.6) is 0 Å². The second kappa shape index (κ2) is 7.91. The van der Waals surface area contributed by atoms with Crippen molar-refractivity contribution in [3.05, 3.63) is 65.9 Å². The van der Waals surface area contributed by atoms with Crippen molar-refractivity contribution >= 4 is 22.7 Å². The van der Waals surface area contributed by atoms with Crippen molar-refractivity contribution in [1.82, 2.24) is 19.3 Å². The Hall–Kier alpha value is -3.04. The van der Waals surface area contributed by atoms with E-state index in [2.05, 4.69) is 69.7 Å². The van der Waals surface area contributed by atoms with E-state index in [1.54, 1.807) is 11.8 Å². The maximum atomic E-state index is 9.30. The Morgan fingerprint density at radius 2 is 1.79 bits per heavy atom. The SMILES string of the molecule is CCn1c(SCc2ccccc2C#N)nnc1-c1cn(CC)c2ccccc12. The van der Waals surface area contributed by atoms with Crippen LogP contribution in [0, 0.1) is 11.3 Å². The maximum Gasteiger partial charge on any atom is 0.191 e. The van der Waals surface area contributed by atoms with Crippen LogP contribution in [0.25, 0.3) is 22.3 Å². The van der Waals surface area contributed by atoms with Gasteiger partial charge >= 0.3 is 0 Å². The lowest BCUT2D eigenvalue weighted by Crippen LogP contribution is -2.00. The summed E-state index contributed by atoms with van der Waals surface area (Å²) >= 11 is 1.62. The van der Waals surface area contributed by atoms with Crippen molar-refractivity contribution in [2.75, 3.05) is 0 Å². The molecule has 0 saturated carbocycles. The average molecular weight is 388 g/mol. The second-order valence-electron chi connectivity index (χ2n) is 6.45. The smallest absolute Gasteiger partial charge is 0.191 e. The minimum atomic E-state index is 0.693. The van der Waals surface area contributed by atoms with Gasteiger partial charge in [-0.2, -0.15) is 5.26 Å². The molecule has 0 aliphatic carbocycles. The van der Waals surface area contributed by atoms with E-state index in [9.17, 15) is 5.26 Å². The highest BCUT2D eigenvalue weighted by atomic mass is 32.2. The molecule has 0 spiro atoms. The van der Waals surface area contributed by atoms with Gasteiger partial charge in [-0.15, -0.1) is 10.2 Å². The zero-order chi connectivity index (χ0) is 19.5. The highest BCUT2D eigenvalue weighted by molar-refractivity contribution is 7.98. The minimum Gasteiger partial charge on any atom is -0.347 e. The van der Waals surface area contributed by atoms with Crippen LogP contribution in [0.1, 0.15) is 25.0 Å². The van der Waals surface area contributed by atoms with Gasteiger partial charge in [-0.05, 0) is 31.5 Å². The predicted molar refractivity (Wildman–Crippen MR) is 113 cm³/mol. The summed E-state index contributed by atoms with van der Waals surface area (Å²) < 4.78 is 4.40. The van der Waals surface area contributed by atoms with E-state index in [1.165, 1.54) is 10.9 Å². The van der Waals surface area contributed by atoms with Crippen LogP contribution < -0.4 is 0 Å². The molecule has 0 saturated heterocycles. The van der Waals surface area contributed by atoms with E-state index in [4.69, 9.17) is 0 Å². The Bertz CT molecular complexity index is 1170. The van der Waals surface area contributed by atoms with Crippen molar-refractivity contribution in [2.45, 2.75) is 37.8 Å². The van der Waals surface area contributed by atoms with E-state index < -0.39 is 0 Å². The first-order chi connectivity index (χ1) is 13.8. The number of hydrogen-bond acceptors (Lipinski definition) is 4. The molecule has 140 valence electrons. The van der Waals surface area contributed by atoms with Gasteiger partial charge in [0.1, 0.15) is 0 Å². The van der Waals surface area contributed by atoms with Gasteiger partial charge in [-0.1, -0.05) is 48.2 Å². The second-order valence-corrected chi connectivity index (χ2v) is 7.40. The Morgan fingerprint density at radius 3 is 2.57 bits per heavy atom. The summed E-state index contributed by atoms with van der Waals surface area (Å²) in [5.74, 6) is 1.58. The number of aryl methyl sites for hydroxylation is 1. The van der Waals surface area contributed by atoms with Gasteiger partial charge in [0.15, 0.2) is 11.0 Å². The van der Waals surface area contributed by atoms with Gasteiger partial charge < -0.3 is 9.13 Å². The quantitative estimate of drug-likeness (QED) is 0.432. The Kier molecular flexibility index (Phi) is 5.18. The molecule has 4 aromatic rings. The van der Waals surface area contributed by atoms with Crippen molar-refractivity contribution in [3.8, 4) is 17.5 Å². The van der Waals surface area contributed by atoms with E-state index >= 15 is 0 Å². The molecule has 2 aromatic heterocycles. The molecule has 0 fully saturated rings. The molecule has 2 heterocycles.